The summed E-state index contributed by atoms with van der Waals surface area (Å²) < 4.78 is 31.8. The molecule has 0 aromatic heterocycles. The molecule has 0 aliphatic carbocycles. The maximum absolute atomic E-state index is 12.7. The van der Waals surface area contributed by atoms with Crippen LogP contribution in [0.15, 0.2) is 0 Å². The highest BCUT2D eigenvalue weighted by molar-refractivity contribution is 8.77. The highest BCUT2D eigenvalue weighted by Crippen LogP contribution is 2.26. The van der Waals surface area contributed by atoms with E-state index in [1.807, 2.05) is 0 Å². The van der Waals surface area contributed by atoms with Gasteiger partial charge in [-0.3, -0.25) is 28.8 Å². The molecule has 0 amide bonds. The Bertz CT molecular complexity index is 1350. The molecule has 0 bridgehead atoms. The molecule has 500 valence electrons. The van der Waals surface area contributed by atoms with Gasteiger partial charge in [0.15, 0.2) is 0 Å². The van der Waals surface area contributed by atoms with Crippen molar-refractivity contribution >= 4 is 101 Å². The van der Waals surface area contributed by atoms with E-state index in [1.165, 1.54) is 231 Å². The number of hydrogen-bond donors (Lipinski definition) is 0. The van der Waals surface area contributed by atoms with E-state index in [-0.39, 0.29) is 116 Å². The summed E-state index contributed by atoms with van der Waals surface area (Å²) in [5, 5.41) is 0. The van der Waals surface area contributed by atoms with Crippen molar-refractivity contribution in [2.45, 2.75) is 290 Å². The Hall–Kier alpha value is -1.12. The molecular weight excluding hydrogens is 1190 g/mol. The van der Waals surface area contributed by atoms with E-state index in [1.54, 1.807) is 69.7 Å². The Labute approximate surface area is 543 Å². The Morgan fingerprint density at radius 3 is 0.588 bits per heavy atom. The highest BCUT2D eigenvalue weighted by atomic mass is 33.1. The number of unbranched alkanes of at least 4 members (excludes halogenated alkanes) is 33. The molecule has 0 heterocycles. The molecule has 0 spiro atoms. The predicted octanol–water partition coefficient (Wildman–Crippen LogP) is 19.1. The van der Waals surface area contributed by atoms with Gasteiger partial charge in [0, 0.05) is 54.2 Å². The number of nitrogens with zero attached hydrogens (tertiary/aromatic N) is 1. The summed E-state index contributed by atoms with van der Waals surface area (Å²) in [6.45, 7) is 7.00. The normalized spacial score (nSPS) is 11.3. The Morgan fingerprint density at radius 2 is 0.388 bits per heavy atom. The van der Waals surface area contributed by atoms with Gasteiger partial charge in [0.05, 0.1) is 38.5 Å². The maximum atomic E-state index is 12.7. The van der Waals surface area contributed by atoms with Gasteiger partial charge in [-0.05, 0) is 19.3 Å². The first kappa shape index (κ1) is 83.9. The molecule has 0 radical (unpaired) electrons. The van der Waals surface area contributed by atoms with Crippen LogP contribution in [0.4, 0.5) is 0 Å². The van der Waals surface area contributed by atoms with Gasteiger partial charge in [0.2, 0.25) is 0 Å². The Morgan fingerprint density at radius 1 is 0.224 bits per heavy atom. The molecule has 0 saturated carbocycles. The largest absolute Gasteiger partial charge is 0.462 e. The van der Waals surface area contributed by atoms with Crippen LogP contribution in [0.1, 0.15) is 290 Å². The fourth-order valence-electron chi connectivity index (χ4n) is 9.18. The summed E-state index contributed by atoms with van der Waals surface area (Å²) in [4.78, 5) is 76.8. The summed E-state index contributed by atoms with van der Waals surface area (Å²) in [5.74, 6) is 2.71. The molecule has 13 nitrogen and oxygen atoms in total. The number of carbonyl (C=O) groups excluding carboxylic acids is 6. The van der Waals surface area contributed by atoms with Crippen molar-refractivity contribution in [3.8, 4) is 0 Å². The summed E-state index contributed by atoms with van der Waals surface area (Å²) in [5.41, 5.74) is 0. The smallest absolute Gasteiger partial charge is 0.307 e. The molecule has 0 atom stereocenters. The second-order valence-corrected chi connectivity index (χ2v) is 30.4. The topological polar surface area (TPSA) is 161 Å². The van der Waals surface area contributed by atoms with Crippen molar-refractivity contribution in [3.63, 3.8) is 0 Å². The van der Waals surface area contributed by atoms with Crippen molar-refractivity contribution in [2.75, 3.05) is 93.8 Å². The summed E-state index contributed by atoms with van der Waals surface area (Å²) >= 11 is 0. The zero-order chi connectivity index (χ0) is 61.8. The molecule has 0 rings (SSSR count). The highest BCUT2D eigenvalue weighted by Gasteiger charge is 2.16. The standard InChI is InChI=1S/C66H123NO12S6/c1-4-7-10-13-16-19-22-25-28-31-34-37-55-80-83-58-43-64(71)77-52-49-74-61(68)40-46-67(47-41-62(69)75-50-53-78-65(72)44-59-84-81-56-38-35-32-29-26-23-20-17-14-11-8-5-2)48-42-63(70)76-51-54-79-66(73)45-60-85-82-57-39-36-33-30-27-24-21-18-15-12-9-6-3/h4-60H2,1-3H3. The fourth-order valence-corrected chi connectivity index (χ4v) is 15.5. The van der Waals surface area contributed by atoms with Gasteiger partial charge in [0.25, 0.3) is 0 Å². The van der Waals surface area contributed by atoms with Crippen LogP contribution >= 0.6 is 64.8 Å². The average Bonchev–Trinajstić information content (AvgIpc) is 3.50. The van der Waals surface area contributed by atoms with E-state index in [4.69, 9.17) is 28.4 Å². The molecule has 0 N–H and O–H groups in total. The number of carbonyl (C=O) groups is 6. The number of hydrogen-bond acceptors (Lipinski definition) is 19. The monoisotopic (exact) mass is 1310 g/mol. The molecule has 19 heteroatoms. The lowest BCUT2D eigenvalue weighted by molar-refractivity contribution is -0.153. The first-order valence-corrected chi connectivity index (χ1v) is 41.6. The third kappa shape index (κ3) is 68.6. The molecule has 0 aromatic carbocycles. The van der Waals surface area contributed by atoms with Crippen molar-refractivity contribution in [1.82, 2.24) is 4.90 Å². The molecule has 0 unspecified atom stereocenters. The molecule has 0 saturated heterocycles. The van der Waals surface area contributed by atoms with Gasteiger partial charge in [0.1, 0.15) is 39.6 Å². The van der Waals surface area contributed by atoms with E-state index in [0.29, 0.717) is 17.3 Å². The van der Waals surface area contributed by atoms with Gasteiger partial charge < -0.3 is 33.3 Å². The first-order chi connectivity index (χ1) is 41.7. The minimum Gasteiger partial charge on any atom is -0.462 e. The molecular formula is C66H123NO12S6. The van der Waals surface area contributed by atoms with Crippen LogP contribution in [0.2, 0.25) is 0 Å². The van der Waals surface area contributed by atoms with E-state index in [2.05, 4.69) is 20.8 Å². The second kappa shape index (κ2) is 70.3. The summed E-state index contributed by atoms with van der Waals surface area (Å²) in [6.07, 6.45) is 48.7. The minimum absolute atomic E-state index is 0.0244. The SMILES string of the molecule is CCCCCCCCCCCCCCSSCCC(=O)OCCOC(=O)CCN(CCC(=O)OCCOC(=O)CCSSCCCCCCCCCCCCCC)CCC(=O)OCCOC(=O)CCSSCCCCCCCCCCCCCC. The van der Waals surface area contributed by atoms with Crippen LogP contribution in [0.5, 0.6) is 0 Å². The van der Waals surface area contributed by atoms with Gasteiger partial charge in [-0.1, -0.05) is 297 Å². The summed E-state index contributed by atoms with van der Waals surface area (Å²) in [6, 6.07) is 0. The lowest BCUT2D eigenvalue weighted by atomic mass is 10.1. The third-order valence-electron chi connectivity index (χ3n) is 14.4. The zero-order valence-corrected chi connectivity index (χ0v) is 59.0. The van der Waals surface area contributed by atoms with E-state index in [0.717, 1.165) is 17.3 Å². The van der Waals surface area contributed by atoms with Gasteiger partial charge in [-0.15, -0.1) is 0 Å². The van der Waals surface area contributed by atoms with Crippen molar-refractivity contribution in [3.05, 3.63) is 0 Å². The van der Waals surface area contributed by atoms with E-state index in [9.17, 15) is 28.8 Å². The second-order valence-electron chi connectivity index (χ2n) is 22.3. The van der Waals surface area contributed by atoms with Gasteiger partial charge in [-0.2, -0.15) is 0 Å². The van der Waals surface area contributed by atoms with Crippen LogP contribution < -0.4 is 0 Å². The maximum Gasteiger partial charge on any atom is 0.307 e. The minimum atomic E-state index is -0.507. The van der Waals surface area contributed by atoms with Crippen molar-refractivity contribution < 1.29 is 57.2 Å². The van der Waals surface area contributed by atoms with Gasteiger partial charge in [-0.25, -0.2) is 0 Å². The van der Waals surface area contributed by atoms with Crippen LogP contribution in [-0.4, -0.2) is 135 Å². The lowest BCUT2D eigenvalue weighted by Crippen LogP contribution is -2.32. The van der Waals surface area contributed by atoms with Crippen LogP contribution in [0.25, 0.3) is 0 Å². The average molecular weight is 1320 g/mol. The van der Waals surface area contributed by atoms with Gasteiger partial charge >= 0.3 is 35.8 Å². The molecule has 0 aliphatic rings. The lowest BCUT2D eigenvalue weighted by Gasteiger charge is -2.21. The number of rotatable bonds is 69. The molecule has 0 fully saturated rings. The van der Waals surface area contributed by atoms with Crippen molar-refractivity contribution in [1.29, 1.82) is 0 Å². The Kier molecular flexibility index (Phi) is 69.4. The molecule has 0 aromatic rings. The van der Waals surface area contributed by atoms with Crippen LogP contribution in [0, 0.1) is 0 Å². The fraction of sp³-hybridized carbons (Fsp3) is 0.909. The van der Waals surface area contributed by atoms with Crippen LogP contribution in [-0.2, 0) is 57.2 Å². The quantitative estimate of drug-likeness (QED) is 0.0244. The molecule has 0 aliphatic heterocycles. The first-order valence-electron chi connectivity index (χ1n) is 34.1. The number of ether oxygens (including phenoxy) is 6. The number of esters is 6. The third-order valence-corrected chi connectivity index (χ3v) is 21.9. The van der Waals surface area contributed by atoms with Crippen LogP contribution in [0.3, 0.4) is 0 Å². The predicted molar refractivity (Wildman–Crippen MR) is 368 cm³/mol. The Balaban J connectivity index is 4.47. The summed E-state index contributed by atoms with van der Waals surface area (Å²) in [7, 11) is 10.5. The zero-order valence-electron chi connectivity index (χ0n) is 54.1. The van der Waals surface area contributed by atoms with E-state index < -0.39 is 17.9 Å². The van der Waals surface area contributed by atoms with Crippen molar-refractivity contribution in [2.24, 2.45) is 0 Å². The van der Waals surface area contributed by atoms with E-state index >= 15 is 0 Å². The molecule has 85 heavy (non-hydrogen) atoms.